The lowest BCUT2D eigenvalue weighted by Gasteiger charge is -2.26. The highest BCUT2D eigenvalue weighted by molar-refractivity contribution is 7.19. The third kappa shape index (κ3) is 3.99. The smallest absolute Gasteiger partial charge is 0.270 e. The highest BCUT2D eigenvalue weighted by Crippen LogP contribution is 2.32. The van der Waals surface area contributed by atoms with Gasteiger partial charge in [-0.25, -0.2) is 0 Å². The fraction of sp³-hybridized carbons (Fsp3) is 0.409. The molecule has 1 saturated heterocycles. The number of fused-ring (bicyclic) bond motifs is 1. The van der Waals surface area contributed by atoms with Crippen LogP contribution in [-0.4, -0.2) is 53.5 Å². The molecule has 1 fully saturated rings. The van der Waals surface area contributed by atoms with Crippen LogP contribution in [0.3, 0.4) is 0 Å². The molecule has 0 spiro atoms. The zero-order valence-electron chi connectivity index (χ0n) is 16.5. The monoisotopic (exact) mass is 397 g/mol. The number of aromatic nitrogens is 1. The van der Waals surface area contributed by atoms with Gasteiger partial charge in [0, 0.05) is 43.2 Å². The third-order valence-corrected chi connectivity index (χ3v) is 6.47. The first-order valence-corrected chi connectivity index (χ1v) is 10.7. The van der Waals surface area contributed by atoms with E-state index < -0.39 is 0 Å². The minimum atomic E-state index is 0.0599. The van der Waals surface area contributed by atoms with E-state index in [1.807, 2.05) is 36.1 Å². The van der Waals surface area contributed by atoms with E-state index in [1.165, 1.54) is 15.1 Å². The van der Waals surface area contributed by atoms with Gasteiger partial charge in [-0.2, -0.15) is 0 Å². The van der Waals surface area contributed by atoms with Crippen molar-refractivity contribution in [2.24, 2.45) is 0 Å². The van der Waals surface area contributed by atoms with Crippen LogP contribution in [0.15, 0.2) is 36.4 Å². The molecule has 3 heterocycles. The zero-order valence-corrected chi connectivity index (χ0v) is 17.3. The zero-order chi connectivity index (χ0) is 19.5. The number of thiophene rings is 1. The summed E-state index contributed by atoms with van der Waals surface area (Å²) in [7, 11) is 0. The lowest BCUT2D eigenvalue weighted by Crippen LogP contribution is -2.35. The largest absolute Gasteiger partial charge is 0.379 e. The number of nitrogens with zero attached hydrogens (tertiary/aromatic N) is 2. The van der Waals surface area contributed by atoms with Gasteiger partial charge >= 0.3 is 0 Å². The van der Waals surface area contributed by atoms with Crippen molar-refractivity contribution in [2.45, 2.75) is 26.9 Å². The van der Waals surface area contributed by atoms with Gasteiger partial charge in [-0.3, -0.25) is 9.69 Å². The maximum atomic E-state index is 13.1. The average Bonchev–Trinajstić information content (AvgIpc) is 3.26. The topological polar surface area (TPSA) is 48.6 Å². The number of hydrogen-bond donors (Lipinski definition) is 1. The van der Waals surface area contributed by atoms with Gasteiger partial charge in [0.1, 0.15) is 5.69 Å². The normalized spacial score (nSPS) is 15.2. The molecule has 0 atom stereocenters. The highest BCUT2D eigenvalue weighted by atomic mass is 32.1. The first-order valence-electron chi connectivity index (χ1n) is 9.90. The van der Waals surface area contributed by atoms with Crippen LogP contribution in [0.2, 0.25) is 0 Å². The first-order chi connectivity index (χ1) is 13.7. The van der Waals surface area contributed by atoms with Crippen LogP contribution in [-0.2, 0) is 17.8 Å². The van der Waals surface area contributed by atoms with Crippen LogP contribution in [0.5, 0.6) is 0 Å². The summed E-state index contributed by atoms with van der Waals surface area (Å²) in [5, 5.41) is 0. The summed E-state index contributed by atoms with van der Waals surface area (Å²) in [6.45, 7) is 9.93. The molecule has 3 aromatic rings. The third-order valence-electron chi connectivity index (χ3n) is 5.37. The van der Waals surface area contributed by atoms with Crippen molar-refractivity contribution in [1.29, 1.82) is 0 Å². The standard InChI is InChI=1S/C22H27N3O2S/c1-3-25(14-17-7-5-4-6-8-17)22(26)19-13-20-21(23-19)18(16(2)28-20)15-24-9-11-27-12-10-24/h4-8,13,23H,3,9-12,14-15H2,1-2H3. The van der Waals surface area contributed by atoms with Gasteiger partial charge < -0.3 is 14.6 Å². The second-order valence-electron chi connectivity index (χ2n) is 7.25. The Morgan fingerprint density at radius 2 is 2.00 bits per heavy atom. The molecule has 1 amide bonds. The maximum Gasteiger partial charge on any atom is 0.270 e. The summed E-state index contributed by atoms with van der Waals surface area (Å²) in [5.41, 5.74) is 4.26. The van der Waals surface area contributed by atoms with Crippen molar-refractivity contribution in [1.82, 2.24) is 14.8 Å². The van der Waals surface area contributed by atoms with Crippen LogP contribution in [0.1, 0.15) is 33.4 Å². The number of benzene rings is 1. The van der Waals surface area contributed by atoms with Gasteiger partial charge in [0.25, 0.3) is 5.91 Å². The Hall–Kier alpha value is -2.15. The minimum absolute atomic E-state index is 0.0599. The molecule has 28 heavy (non-hydrogen) atoms. The molecule has 0 aliphatic carbocycles. The number of aryl methyl sites for hydroxylation is 1. The molecular formula is C22H27N3O2S. The number of ether oxygens (including phenoxy) is 1. The molecule has 1 aliphatic heterocycles. The van der Waals surface area contributed by atoms with Crippen LogP contribution in [0.4, 0.5) is 0 Å². The molecular weight excluding hydrogens is 370 g/mol. The number of carbonyl (C=O) groups excluding carboxylic acids is 1. The highest BCUT2D eigenvalue weighted by Gasteiger charge is 2.21. The number of aromatic amines is 1. The molecule has 5 nitrogen and oxygen atoms in total. The van der Waals surface area contributed by atoms with E-state index in [0.717, 1.165) is 43.9 Å². The van der Waals surface area contributed by atoms with Gasteiger partial charge in [-0.05, 0) is 25.5 Å². The predicted octanol–water partition coefficient (Wildman–Crippen LogP) is 4.03. The number of morpholine rings is 1. The van der Waals surface area contributed by atoms with Crippen molar-refractivity contribution in [3.63, 3.8) is 0 Å². The molecule has 2 aromatic heterocycles. The number of H-pyrrole nitrogens is 1. The van der Waals surface area contributed by atoms with Crippen LogP contribution >= 0.6 is 11.3 Å². The van der Waals surface area contributed by atoms with E-state index in [9.17, 15) is 4.79 Å². The molecule has 0 bridgehead atoms. The summed E-state index contributed by atoms with van der Waals surface area (Å²) < 4.78 is 6.63. The Morgan fingerprint density at radius 3 is 2.71 bits per heavy atom. The number of hydrogen-bond acceptors (Lipinski definition) is 4. The summed E-state index contributed by atoms with van der Waals surface area (Å²) in [6, 6.07) is 12.2. The van der Waals surface area contributed by atoms with E-state index in [0.29, 0.717) is 18.8 Å². The Morgan fingerprint density at radius 1 is 1.25 bits per heavy atom. The quantitative estimate of drug-likeness (QED) is 0.683. The predicted molar refractivity (Wildman–Crippen MR) is 114 cm³/mol. The Labute approximate surface area is 169 Å². The number of rotatable bonds is 6. The van der Waals surface area contributed by atoms with E-state index in [2.05, 4.69) is 28.9 Å². The summed E-state index contributed by atoms with van der Waals surface area (Å²) in [5.74, 6) is 0.0599. The van der Waals surface area contributed by atoms with Crippen LogP contribution in [0.25, 0.3) is 10.2 Å². The van der Waals surface area contributed by atoms with Gasteiger partial charge in [0.05, 0.1) is 23.4 Å². The molecule has 1 N–H and O–H groups in total. The minimum Gasteiger partial charge on any atom is -0.379 e. The van der Waals surface area contributed by atoms with Crippen molar-refractivity contribution >= 4 is 27.5 Å². The van der Waals surface area contributed by atoms with E-state index in [-0.39, 0.29) is 5.91 Å². The fourth-order valence-electron chi connectivity index (χ4n) is 3.73. The Balaban J connectivity index is 1.55. The summed E-state index contributed by atoms with van der Waals surface area (Å²) in [4.78, 5) is 22.2. The van der Waals surface area contributed by atoms with Crippen molar-refractivity contribution < 1.29 is 9.53 Å². The Kier molecular flexibility index (Phi) is 5.80. The molecule has 0 saturated carbocycles. The van der Waals surface area contributed by atoms with Crippen molar-refractivity contribution in [2.75, 3.05) is 32.8 Å². The molecule has 4 rings (SSSR count). The van der Waals surface area contributed by atoms with Crippen LogP contribution < -0.4 is 0 Å². The first kappa shape index (κ1) is 19.2. The summed E-state index contributed by atoms with van der Waals surface area (Å²) >= 11 is 1.77. The van der Waals surface area contributed by atoms with Gasteiger partial charge in [0.15, 0.2) is 0 Å². The second kappa shape index (κ2) is 8.47. The average molecular weight is 398 g/mol. The molecule has 6 heteroatoms. The SMILES string of the molecule is CCN(Cc1ccccc1)C(=O)c1cc2sc(C)c(CN3CCOCC3)c2[nH]1. The fourth-order valence-corrected chi connectivity index (χ4v) is 4.81. The number of amides is 1. The second-order valence-corrected chi connectivity index (χ2v) is 8.51. The number of nitrogens with one attached hydrogen (secondary N) is 1. The molecule has 0 unspecified atom stereocenters. The van der Waals surface area contributed by atoms with Gasteiger partial charge in [0.2, 0.25) is 0 Å². The van der Waals surface area contributed by atoms with Crippen molar-refractivity contribution in [3.05, 3.63) is 58.1 Å². The Bertz CT molecular complexity index is 942. The molecule has 148 valence electrons. The van der Waals surface area contributed by atoms with Gasteiger partial charge in [-0.15, -0.1) is 11.3 Å². The lowest BCUT2D eigenvalue weighted by atomic mass is 10.2. The van der Waals surface area contributed by atoms with E-state index in [1.54, 1.807) is 11.3 Å². The summed E-state index contributed by atoms with van der Waals surface area (Å²) in [6.07, 6.45) is 0. The number of carbonyl (C=O) groups is 1. The van der Waals surface area contributed by atoms with Gasteiger partial charge in [-0.1, -0.05) is 30.3 Å². The lowest BCUT2D eigenvalue weighted by molar-refractivity contribution is 0.0343. The molecule has 1 aromatic carbocycles. The van der Waals surface area contributed by atoms with Crippen LogP contribution in [0, 0.1) is 6.92 Å². The van der Waals surface area contributed by atoms with E-state index in [4.69, 9.17) is 4.74 Å². The molecule has 0 radical (unpaired) electrons. The molecule has 1 aliphatic rings. The van der Waals surface area contributed by atoms with Crippen molar-refractivity contribution in [3.8, 4) is 0 Å². The maximum absolute atomic E-state index is 13.1. The van der Waals surface area contributed by atoms with E-state index >= 15 is 0 Å².